The molecule has 148 valence electrons. The fourth-order valence-corrected chi connectivity index (χ4v) is 3.82. The molecule has 3 aromatic carbocycles. The van der Waals surface area contributed by atoms with E-state index >= 15 is 0 Å². The summed E-state index contributed by atoms with van der Waals surface area (Å²) in [6, 6.07) is 18.8. The summed E-state index contributed by atoms with van der Waals surface area (Å²) >= 11 is 8.51. The van der Waals surface area contributed by atoms with Crippen LogP contribution < -0.4 is 5.56 Å². The van der Waals surface area contributed by atoms with E-state index in [0.29, 0.717) is 33.0 Å². The molecule has 0 N–H and O–H groups in total. The van der Waals surface area contributed by atoms with Crippen LogP contribution in [0, 0.1) is 13.7 Å². The van der Waals surface area contributed by atoms with Gasteiger partial charge in [0.15, 0.2) is 0 Å². The van der Waals surface area contributed by atoms with Crippen LogP contribution in [0.4, 0.5) is 5.69 Å². The Kier molecular flexibility index (Phi) is 5.65. The fourth-order valence-electron chi connectivity index (χ4n) is 3.11. The van der Waals surface area contributed by atoms with Crippen LogP contribution in [0.1, 0.15) is 11.4 Å². The van der Waals surface area contributed by atoms with Crippen molar-refractivity contribution < 1.29 is 4.92 Å². The lowest BCUT2D eigenvalue weighted by molar-refractivity contribution is -0.385. The zero-order valence-electron chi connectivity index (χ0n) is 15.3. The lowest BCUT2D eigenvalue weighted by Gasteiger charge is -2.13. The van der Waals surface area contributed by atoms with E-state index in [1.165, 1.54) is 10.6 Å². The number of fused-ring (bicyclic) bond motifs is 1. The standard InChI is InChI=1S/C22H13ClIN3O3/c23-17-6-2-4-8-20(17)26-21(12-9-14-5-1-3-7-19(14)27(29)30)25-18-11-10-15(24)13-16(18)22(26)28/h1-13H. The van der Waals surface area contributed by atoms with Gasteiger partial charge in [0, 0.05) is 9.64 Å². The molecule has 0 radical (unpaired) electrons. The largest absolute Gasteiger partial charge is 0.276 e. The Morgan fingerprint density at radius 2 is 1.77 bits per heavy atom. The number of hydrogen-bond acceptors (Lipinski definition) is 4. The summed E-state index contributed by atoms with van der Waals surface area (Å²) in [7, 11) is 0. The normalized spacial score (nSPS) is 11.3. The molecule has 4 rings (SSSR count). The van der Waals surface area contributed by atoms with Crippen LogP contribution in [0.3, 0.4) is 0 Å². The van der Waals surface area contributed by atoms with Gasteiger partial charge in [-0.1, -0.05) is 35.9 Å². The highest BCUT2D eigenvalue weighted by molar-refractivity contribution is 14.1. The van der Waals surface area contributed by atoms with Gasteiger partial charge in [-0.15, -0.1) is 0 Å². The third-order valence-electron chi connectivity index (χ3n) is 4.49. The molecule has 30 heavy (non-hydrogen) atoms. The van der Waals surface area contributed by atoms with E-state index in [-0.39, 0.29) is 11.2 Å². The maximum Gasteiger partial charge on any atom is 0.276 e. The molecule has 0 fully saturated rings. The van der Waals surface area contributed by atoms with Crippen molar-refractivity contribution in [3.63, 3.8) is 0 Å². The molecule has 0 aliphatic heterocycles. The number of nitro groups is 1. The molecule has 0 saturated heterocycles. The molecule has 0 unspecified atom stereocenters. The first kappa shape index (κ1) is 20.2. The van der Waals surface area contributed by atoms with E-state index in [1.807, 2.05) is 6.07 Å². The van der Waals surface area contributed by atoms with Crippen LogP contribution in [0.5, 0.6) is 0 Å². The summed E-state index contributed by atoms with van der Waals surface area (Å²) in [6.45, 7) is 0. The topological polar surface area (TPSA) is 78.0 Å². The van der Waals surface area contributed by atoms with Crippen LogP contribution >= 0.6 is 34.2 Å². The van der Waals surface area contributed by atoms with Gasteiger partial charge in [-0.3, -0.25) is 19.5 Å². The van der Waals surface area contributed by atoms with Crippen LogP contribution in [0.25, 0.3) is 28.7 Å². The molecule has 4 aromatic rings. The number of halogens is 2. The number of rotatable bonds is 4. The van der Waals surface area contributed by atoms with Crippen molar-refractivity contribution in [2.75, 3.05) is 0 Å². The van der Waals surface area contributed by atoms with Gasteiger partial charge in [-0.25, -0.2) is 4.98 Å². The summed E-state index contributed by atoms with van der Waals surface area (Å²) in [5, 5.41) is 12.2. The maximum atomic E-state index is 13.4. The van der Waals surface area contributed by atoms with E-state index in [4.69, 9.17) is 11.6 Å². The van der Waals surface area contributed by atoms with Crippen LogP contribution in [-0.4, -0.2) is 14.5 Å². The maximum absolute atomic E-state index is 13.4. The van der Waals surface area contributed by atoms with Crippen molar-refractivity contribution in [1.82, 2.24) is 9.55 Å². The predicted octanol–water partition coefficient (Wildman–Crippen LogP) is 5.72. The summed E-state index contributed by atoms with van der Waals surface area (Å²) in [6.07, 6.45) is 3.16. The van der Waals surface area contributed by atoms with Crippen molar-refractivity contribution in [2.45, 2.75) is 0 Å². The summed E-state index contributed by atoms with van der Waals surface area (Å²) in [5.74, 6) is 0.319. The molecule has 0 saturated carbocycles. The molecular formula is C22H13ClIN3O3. The molecule has 0 bridgehead atoms. The number of hydrogen-bond donors (Lipinski definition) is 0. The number of benzene rings is 3. The highest BCUT2D eigenvalue weighted by Gasteiger charge is 2.15. The van der Waals surface area contributed by atoms with Crippen LogP contribution in [0.15, 0.2) is 71.5 Å². The molecule has 0 spiro atoms. The molecule has 0 aliphatic carbocycles. The van der Waals surface area contributed by atoms with Gasteiger partial charge in [0.05, 0.1) is 32.1 Å². The monoisotopic (exact) mass is 529 g/mol. The Morgan fingerprint density at radius 3 is 2.53 bits per heavy atom. The van der Waals surface area contributed by atoms with Crippen molar-refractivity contribution >= 4 is 62.9 Å². The van der Waals surface area contributed by atoms with E-state index in [0.717, 1.165) is 3.57 Å². The van der Waals surface area contributed by atoms with Gasteiger partial charge in [0.25, 0.3) is 11.2 Å². The third kappa shape index (κ3) is 3.86. The molecule has 1 heterocycles. The Bertz CT molecular complexity index is 1380. The second-order valence-electron chi connectivity index (χ2n) is 6.37. The lowest BCUT2D eigenvalue weighted by Crippen LogP contribution is -2.22. The summed E-state index contributed by atoms with van der Waals surface area (Å²) in [4.78, 5) is 28.8. The number of nitro benzene ring substituents is 1. The second kappa shape index (κ2) is 8.37. The third-order valence-corrected chi connectivity index (χ3v) is 5.49. The lowest BCUT2D eigenvalue weighted by atomic mass is 10.1. The smallest absolute Gasteiger partial charge is 0.268 e. The predicted molar refractivity (Wildman–Crippen MR) is 127 cm³/mol. The molecule has 0 atom stereocenters. The average Bonchev–Trinajstić information content (AvgIpc) is 2.74. The summed E-state index contributed by atoms with van der Waals surface area (Å²) in [5.41, 5.74) is 1.13. The Morgan fingerprint density at radius 1 is 1.03 bits per heavy atom. The zero-order valence-corrected chi connectivity index (χ0v) is 18.2. The Hall–Kier alpha value is -3.04. The number of aromatic nitrogens is 2. The van der Waals surface area contributed by atoms with Gasteiger partial charge >= 0.3 is 0 Å². The highest BCUT2D eigenvalue weighted by Crippen LogP contribution is 2.24. The minimum absolute atomic E-state index is 0.0317. The van der Waals surface area contributed by atoms with Crippen molar-refractivity contribution in [2.24, 2.45) is 0 Å². The second-order valence-corrected chi connectivity index (χ2v) is 8.03. The van der Waals surface area contributed by atoms with E-state index in [9.17, 15) is 14.9 Å². The molecule has 0 amide bonds. The quantitative estimate of drug-likeness (QED) is 0.192. The van der Waals surface area contributed by atoms with Crippen LogP contribution in [0.2, 0.25) is 5.02 Å². The molecule has 0 aliphatic rings. The SMILES string of the molecule is O=c1c2cc(I)ccc2nc(C=Cc2ccccc2[N+](=O)[O-])n1-c1ccccc1Cl. The van der Waals surface area contributed by atoms with Crippen molar-refractivity contribution in [3.05, 3.63) is 107 Å². The van der Waals surface area contributed by atoms with Crippen molar-refractivity contribution in [1.29, 1.82) is 0 Å². The number of para-hydroxylation sites is 2. The van der Waals surface area contributed by atoms with Gasteiger partial charge in [-0.05, 0) is 71.1 Å². The summed E-state index contributed by atoms with van der Waals surface area (Å²) < 4.78 is 2.33. The Balaban J connectivity index is 1.99. The molecule has 6 nitrogen and oxygen atoms in total. The van der Waals surface area contributed by atoms with Crippen molar-refractivity contribution in [3.8, 4) is 5.69 Å². The van der Waals surface area contributed by atoms with E-state index in [1.54, 1.807) is 66.7 Å². The fraction of sp³-hybridized carbons (Fsp3) is 0. The zero-order chi connectivity index (χ0) is 21.3. The highest BCUT2D eigenvalue weighted by atomic mass is 127. The first-order valence-electron chi connectivity index (χ1n) is 8.84. The molecular weight excluding hydrogens is 517 g/mol. The Labute approximate surface area is 189 Å². The molecule has 8 heteroatoms. The van der Waals surface area contributed by atoms with Gasteiger partial charge < -0.3 is 0 Å². The first-order valence-corrected chi connectivity index (χ1v) is 10.3. The number of nitrogens with zero attached hydrogens (tertiary/aromatic N) is 3. The first-order chi connectivity index (χ1) is 14.5. The van der Waals surface area contributed by atoms with Crippen LogP contribution in [-0.2, 0) is 0 Å². The van der Waals surface area contributed by atoms with E-state index < -0.39 is 4.92 Å². The van der Waals surface area contributed by atoms with Gasteiger partial charge in [0.1, 0.15) is 5.82 Å². The van der Waals surface area contributed by atoms with Gasteiger partial charge in [-0.2, -0.15) is 0 Å². The minimum Gasteiger partial charge on any atom is -0.268 e. The van der Waals surface area contributed by atoms with E-state index in [2.05, 4.69) is 27.6 Å². The average molecular weight is 530 g/mol. The van der Waals surface area contributed by atoms with Gasteiger partial charge in [0.2, 0.25) is 0 Å². The molecule has 1 aromatic heterocycles. The minimum atomic E-state index is -0.448.